The summed E-state index contributed by atoms with van der Waals surface area (Å²) in [4.78, 5) is 40.7. The van der Waals surface area contributed by atoms with Crippen molar-refractivity contribution in [2.24, 2.45) is 4.99 Å². The fraction of sp³-hybridized carbons (Fsp3) is 0.182. The summed E-state index contributed by atoms with van der Waals surface area (Å²) in [5, 5.41) is 4.85. The lowest BCUT2D eigenvalue weighted by Crippen LogP contribution is -2.31. The van der Waals surface area contributed by atoms with Gasteiger partial charge in [-0.2, -0.15) is 4.99 Å². The first-order chi connectivity index (χ1) is 15.5. The molecule has 0 unspecified atom stereocenters. The fourth-order valence-corrected chi connectivity index (χ4v) is 3.67. The van der Waals surface area contributed by atoms with Gasteiger partial charge in [-0.3, -0.25) is 14.4 Å². The van der Waals surface area contributed by atoms with Gasteiger partial charge in [-0.05, 0) is 23.8 Å². The van der Waals surface area contributed by atoms with Crippen LogP contribution in [0.2, 0.25) is 5.02 Å². The first-order valence-electron chi connectivity index (χ1n) is 9.49. The van der Waals surface area contributed by atoms with Crippen LogP contribution in [0, 0.1) is 0 Å². The highest BCUT2D eigenvalue weighted by Gasteiger charge is 2.14. The van der Waals surface area contributed by atoms with Crippen LogP contribution < -0.4 is 14.9 Å². The van der Waals surface area contributed by atoms with E-state index in [-0.39, 0.29) is 5.56 Å². The predicted octanol–water partition coefficient (Wildman–Crippen LogP) is 2.66. The molecular weight excluding hydrogens is 454 g/mol. The number of nitrogens with zero attached hydrogens (tertiary/aromatic N) is 2. The summed E-state index contributed by atoms with van der Waals surface area (Å²) in [6.45, 7) is -0.479. The SMILES string of the molecule is COc1ccccc1C(=O)NCC(=O)OCC(=O)N=c1sccn1Cc1ccccc1Cl. The number of ether oxygens (including phenoxy) is 2. The number of halogens is 1. The zero-order valence-corrected chi connectivity index (χ0v) is 18.7. The molecule has 0 saturated heterocycles. The average Bonchev–Trinajstić information content (AvgIpc) is 3.23. The third kappa shape index (κ3) is 6.29. The minimum Gasteiger partial charge on any atom is -0.496 e. The van der Waals surface area contributed by atoms with Crippen molar-refractivity contribution in [2.45, 2.75) is 6.54 Å². The van der Waals surface area contributed by atoms with Crippen molar-refractivity contribution in [3.05, 3.63) is 81.1 Å². The van der Waals surface area contributed by atoms with Gasteiger partial charge in [-0.25, -0.2) is 0 Å². The minimum atomic E-state index is -0.757. The number of hydrogen-bond donors (Lipinski definition) is 1. The number of rotatable bonds is 8. The topological polar surface area (TPSA) is 99.0 Å². The lowest BCUT2D eigenvalue weighted by Gasteiger charge is -2.08. The smallest absolute Gasteiger partial charge is 0.325 e. The molecule has 8 nitrogen and oxygen atoms in total. The first kappa shape index (κ1) is 23.2. The van der Waals surface area contributed by atoms with Crippen molar-refractivity contribution in [1.29, 1.82) is 0 Å². The van der Waals surface area contributed by atoms with Gasteiger partial charge in [-0.1, -0.05) is 41.9 Å². The van der Waals surface area contributed by atoms with Gasteiger partial charge in [0.05, 0.1) is 19.2 Å². The van der Waals surface area contributed by atoms with Crippen LogP contribution in [0.5, 0.6) is 5.75 Å². The van der Waals surface area contributed by atoms with Crippen LogP contribution in [0.4, 0.5) is 0 Å². The third-order valence-corrected chi connectivity index (χ3v) is 5.44. The molecule has 0 aliphatic heterocycles. The second-order valence-electron chi connectivity index (χ2n) is 6.45. The molecule has 10 heteroatoms. The van der Waals surface area contributed by atoms with E-state index in [0.717, 1.165) is 5.56 Å². The van der Waals surface area contributed by atoms with Crippen molar-refractivity contribution >= 4 is 40.7 Å². The summed E-state index contributed by atoms with van der Waals surface area (Å²) >= 11 is 7.47. The van der Waals surface area contributed by atoms with E-state index in [1.165, 1.54) is 18.4 Å². The molecule has 0 radical (unpaired) electrons. The molecule has 0 aliphatic rings. The van der Waals surface area contributed by atoms with Gasteiger partial charge in [-0.15, -0.1) is 11.3 Å². The number of carbonyl (C=O) groups is 3. The standard InChI is InChI=1S/C22H20ClN3O5S/c1-30-18-9-5-3-7-16(18)21(29)24-12-20(28)31-14-19(27)25-22-26(10-11-32-22)13-15-6-2-4-8-17(15)23/h2-11H,12-14H2,1H3,(H,24,29). The number of methoxy groups -OCH3 is 1. The van der Waals surface area contributed by atoms with E-state index in [0.29, 0.717) is 22.1 Å². The van der Waals surface area contributed by atoms with E-state index in [4.69, 9.17) is 21.1 Å². The molecule has 3 aromatic rings. The molecule has 0 atom stereocenters. The summed E-state index contributed by atoms with van der Waals surface area (Å²) in [6.07, 6.45) is 1.79. The molecule has 1 heterocycles. The van der Waals surface area contributed by atoms with Crippen molar-refractivity contribution in [3.63, 3.8) is 0 Å². The minimum absolute atomic E-state index is 0.287. The van der Waals surface area contributed by atoms with Crippen LogP contribution in [0.25, 0.3) is 0 Å². The van der Waals surface area contributed by atoms with E-state index < -0.39 is 30.9 Å². The Morgan fingerprint density at radius 3 is 2.66 bits per heavy atom. The molecule has 0 spiro atoms. The van der Waals surface area contributed by atoms with E-state index in [9.17, 15) is 14.4 Å². The summed E-state index contributed by atoms with van der Waals surface area (Å²) < 4.78 is 11.8. The number of aromatic nitrogens is 1. The third-order valence-electron chi connectivity index (χ3n) is 4.28. The molecular formula is C22H20ClN3O5S. The van der Waals surface area contributed by atoms with Gasteiger partial charge < -0.3 is 19.4 Å². The number of thiazole rings is 1. The summed E-state index contributed by atoms with van der Waals surface area (Å²) in [7, 11) is 1.45. The predicted molar refractivity (Wildman–Crippen MR) is 120 cm³/mol. The van der Waals surface area contributed by atoms with Crippen molar-refractivity contribution in [2.75, 3.05) is 20.3 Å². The van der Waals surface area contributed by atoms with Crippen molar-refractivity contribution in [3.8, 4) is 5.75 Å². The zero-order valence-electron chi connectivity index (χ0n) is 17.1. The summed E-state index contributed by atoms with van der Waals surface area (Å²) in [5.41, 5.74) is 1.17. The molecule has 0 aliphatic carbocycles. The zero-order chi connectivity index (χ0) is 22.9. The maximum absolute atomic E-state index is 12.2. The lowest BCUT2D eigenvalue weighted by atomic mass is 10.2. The Bertz CT molecular complexity index is 1190. The second-order valence-corrected chi connectivity index (χ2v) is 7.73. The quantitative estimate of drug-likeness (QED) is 0.507. The van der Waals surface area contributed by atoms with E-state index in [1.54, 1.807) is 46.5 Å². The number of hydrogen-bond acceptors (Lipinski definition) is 6. The van der Waals surface area contributed by atoms with Crippen molar-refractivity contribution < 1.29 is 23.9 Å². The molecule has 1 N–H and O–H groups in total. The molecule has 2 amide bonds. The van der Waals surface area contributed by atoms with Crippen LogP contribution in [0.3, 0.4) is 0 Å². The van der Waals surface area contributed by atoms with Crippen LogP contribution in [0.1, 0.15) is 15.9 Å². The number of carbonyl (C=O) groups excluding carboxylic acids is 3. The van der Waals surface area contributed by atoms with E-state index in [2.05, 4.69) is 10.3 Å². The molecule has 0 fully saturated rings. The fourth-order valence-electron chi connectivity index (χ4n) is 2.73. The lowest BCUT2D eigenvalue weighted by molar-refractivity contribution is -0.146. The Kier molecular flexibility index (Phi) is 8.18. The molecule has 32 heavy (non-hydrogen) atoms. The van der Waals surface area contributed by atoms with Gasteiger partial charge in [0.25, 0.3) is 11.8 Å². The monoisotopic (exact) mass is 473 g/mol. The molecule has 0 saturated carbocycles. The van der Waals surface area contributed by atoms with Gasteiger partial charge in [0.2, 0.25) is 0 Å². The van der Waals surface area contributed by atoms with Crippen LogP contribution in [-0.2, 0) is 20.9 Å². The molecule has 166 valence electrons. The number of esters is 1. The highest BCUT2D eigenvalue weighted by molar-refractivity contribution is 7.07. The average molecular weight is 474 g/mol. The summed E-state index contributed by atoms with van der Waals surface area (Å²) in [5.74, 6) is -1.49. The normalized spacial score (nSPS) is 11.1. The molecule has 0 bridgehead atoms. The molecule has 2 aromatic carbocycles. The van der Waals surface area contributed by atoms with Crippen LogP contribution in [0.15, 0.2) is 65.1 Å². The number of nitrogens with one attached hydrogen (secondary N) is 1. The Morgan fingerprint density at radius 1 is 1.12 bits per heavy atom. The van der Waals surface area contributed by atoms with E-state index in [1.807, 2.05) is 18.2 Å². The van der Waals surface area contributed by atoms with Gasteiger partial charge in [0.15, 0.2) is 11.4 Å². The Hall–Kier alpha value is -3.43. The van der Waals surface area contributed by atoms with Gasteiger partial charge in [0.1, 0.15) is 12.3 Å². The van der Waals surface area contributed by atoms with Gasteiger partial charge in [0, 0.05) is 16.6 Å². The largest absolute Gasteiger partial charge is 0.496 e. The first-order valence-corrected chi connectivity index (χ1v) is 10.8. The maximum Gasteiger partial charge on any atom is 0.325 e. The van der Waals surface area contributed by atoms with E-state index >= 15 is 0 Å². The number of amides is 2. The molecule has 1 aromatic heterocycles. The van der Waals surface area contributed by atoms with Gasteiger partial charge >= 0.3 is 5.97 Å². The number of benzene rings is 2. The second kappa shape index (κ2) is 11.3. The maximum atomic E-state index is 12.2. The highest BCUT2D eigenvalue weighted by atomic mass is 35.5. The number of para-hydroxylation sites is 1. The van der Waals surface area contributed by atoms with Crippen molar-refractivity contribution in [1.82, 2.24) is 9.88 Å². The Balaban J connectivity index is 1.52. The highest BCUT2D eigenvalue weighted by Crippen LogP contribution is 2.17. The Morgan fingerprint density at radius 2 is 1.88 bits per heavy atom. The molecule has 3 rings (SSSR count). The summed E-state index contributed by atoms with van der Waals surface area (Å²) in [6, 6.07) is 14.0. The van der Waals surface area contributed by atoms with Crippen LogP contribution in [-0.4, -0.2) is 42.6 Å². The van der Waals surface area contributed by atoms with Crippen LogP contribution >= 0.6 is 22.9 Å². The Labute approximate surface area is 193 Å².